The molecule has 12 nitrogen and oxygen atoms in total. The molecule has 14 heteroatoms. The van der Waals surface area contributed by atoms with E-state index in [2.05, 4.69) is 15.1 Å². The van der Waals surface area contributed by atoms with Crippen molar-refractivity contribution in [1.82, 2.24) is 24.5 Å². The maximum absolute atomic E-state index is 15.6. The molecule has 0 radical (unpaired) electrons. The third kappa shape index (κ3) is 6.00. The fourth-order valence-corrected chi connectivity index (χ4v) is 4.28. The number of amides is 1. The van der Waals surface area contributed by atoms with E-state index in [9.17, 15) is 19.1 Å². The van der Waals surface area contributed by atoms with Crippen molar-refractivity contribution >= 4 is 23.5 Å². The number of halogens is 2. The molecule has 210 valence electrons. The van der Waals surface area contributed by atoms with E-state index >= 15 is 4.39 Å². The van der Waals surface area contributed by atoms with E-state index in [1.165, 1.54) is 29.2 Å². The van der Waals surface area contributed by atoms with Crippen molar-refractivity contribution in [1.29, 1.82) is 0 Å². The first-order valence-electron chi connectivity index (χ1n) is 12.2. The van der Waals surface area contributed by atoms with Gasteiger partial charge in [0.15, 0.2) is 17.3 Å². The second-order valence-corrected chi connectivity index (χ2v) is 9.93. The Kier molecular flexibility index (Phi) is 7.86. The van der Waals surface area contributed by atoms with E-state index in [1.54, 1.807) is 27.7 Å². The maximum Gasteiger partial charge on any atom is 0.410 e. The van der Waals surface area contributed by atoms with E-state index in [4.69, 9.17) is 14.2 Å². The molecule has 1 saturated heterocycles. The summed E-state index contributed by atoms with van der Waals surface area (Å²) in [7, 11) is 1.35. The summed E-state index contributed by atoms with van der Waals surface area (Å²) in [6.07, 6.45) is 1.41. The molecular weight excluding hydrogens is 518 g/mol. The molecule has 1 amide bonds. The van der Waals surface area contributed by atoms with Gasteiger partial charge in [-0.1, -0.05) is 0 Å². The third-order valence-electron chi connectivity index (χ3n) is 5.93. The molecule has 1 aliphatic heterocycles. The summed E-state index contributed by atoms with van der Waals surface area (Å²) in [4.78, 5) is 36.2. The first kappa shape index (κ1) is 28.0. The molecule has 1 aliphatic rings. The predicted octanol–water partition coefficient (Wildman–Crippen LogP) is 2.57. The molecule has 0 aromatic carbocycles. The number of methoxy groups -OCH3 is 1. The summed E-state index contributed by atoms with van der Waals surface area (Å²) in [5, 5.41) is 15.0. The summed E-state index contributed by atoms with van der Waals surface area (Å²) >= 11 is 0. The smallest absolute Gasteiger partial charge is 0.410 e. The molecule has 4 rings (SSSR count). The van der Waals surface area contributed by atoms with Crippen LogP contribution in [0.4, 0.5) is 19.4 Å². The number of hydrogen-bond acceptors (Lipinski definition) is 10. The van der Waals surface area contributed by atoms with Crippen LogP contribution < -0.4 is 9.64 Å². The summed E-state index contributed by atoms with van der Waals surface area (Å²) in [6, 6.07) is 0.273. The van der Waals surface area contributed by atoms with Crippen LogP contribution in [0, 0.1) is 11.6 Å². The molecule has 1 fully saturated rings. The van der Waals surface area contributed by atoms with Crippen molar-refractivity contribution in [2.45, 2.75) is 52.0 Å². The lowest BCUT2D eigenvalue weighted by Gasteiger charge is -2.32. The first-order chi connectivity index (χ1) is 18.4. The standard InChI is InChI=1S/C25H30F2N6O6/c1-6-38-23(35)16-9-29-33-11-17(27)21(30-20(16)33)32(10-14-7-15(26)8-28-22(14)37-5)18-12-31(13-19(18)34)24(36)39-25(2,3)4/h7-9,11,18-19,34H,6,10,12-13H2,1-5H3/t18-,19?/m1/s1. The highest BCUT2D eigenvalue weighted by Crippen LogP contribution is 2.30. The normalized spacial score (nSPS) is 17.4. The van der Waals surface area contributed by atoms with Crippen molar-refractivity contribution in [3.05, 3.63) is 47.4 Å². The van der Waals surface area contributed by atoms with E-state index < -0.39 is 41.4 Å². The lowest BCUT2D eigenvalue weighted by atomic mass is 10.1. The van der Waals surface area contributed by atoms with Gasteiger partial charge in [0.2, 0.25) is 5.88 Å². The van der Waals surface area contributed by atoms with Crippen molar-refractivity contribution in [3.63, 3.8) is 0 Å². The van der Waals surface area contributed by atoms with Crippen molar-refractivity contribution in [2.24, 2.45) is 0 Å². The van der Waals surface area contributed by atoms with Gasteiger partial charge in [-0.25, -0.2) is 32.9 Å². The van der Waals surface area contributed by atoms with Gasteiger partial charge in [-0.05, 0) is 33.8 Å². The lowest BCUT2D eigenvalue weighted by Crippen LogP contribution is -2.44. The van der Waals surface area contributed by atoms with Gasteiger partial charge >= 0.3 is 12.1 Å². The van der Waals surface area contributed by atoms with Gasteiger partial charge in [-0.3, -0.25) is 0 Å². The van der Waals surface area contributed by atoms with Gasteiger partial charge in [-0.2, -0.15) is 5.10 Å². The number of aromatic nitrogens is 4. The fraction of sp³-hybridized carbons (Fsp3) is 0.480. The zero-order valence-electron chi connectivity index (χ0n) is 22.2. The van der Waals surface area contributed by atoms with Gasteiger partial charge in [0.05, 0.1) is 57.5 Å². The van der Waals surface area contributed by atoms with Gasteiger partial charge in [0.1, 0.15) is 17.0 Å². The number of hydrogen-bond donors (Lipinski definition) is 1. The zero-order valence-corrected chi connectivity index (χ0v) is 22.2. The molecule has 0 spiro atoms. The predicted molar refractivity (Wildman–Crippen MR) is 133 cm³/mol. The second-order valence-electron chi connectivity index (χ2n) is 9.93. The van der Waals surface area contributed by atoms with Gasteiger partial charge < -0.3 is 29.1 Å². The number of β-amino-alcohol motifs (C(OH)–C–C–N with tert-alkyl or cyclic N) is 1. The van der Waals surface area contributed by atoms with Gasteiger partial charge in [-0.15, -0.1) is 0 Å². The molecule has 3 aromatic heterocycles. The van der Waals surface area contributed by atoms with E-state index in [-0.39, 0.29) is 54.7 Å². The van der Waals surface area contributed by atoms with E-state index in [1.807, 2.05) is 0 Å². The Labute approximate surface area is 223 Å². The summed E-state index contributed by atoms with van der Waals surface area (Å²) in [5.41, 5.74) is -0.522. The Balaban J connectivity index is 1.79. The number of nitrogens with zero attached hydrogens (tertiary/aromatic N) is 6. The van der Waals surface area contributed by atoms with Crippen molar-refractivity contribution < 1.29 is 37.7 Å². The highest BCUT2D eigenvalue weighted by atomic mass is 19.1. The van der Waals surface area contributed by atoms with Gasteiger partial charge in [0.25, 0.3) is 0 Å². The Morgan fingerprint density at radius 2 is 1.97 bits per heavy atom. The number of anilines is 1. The highest BCUT2D eigenvalue weighted by molar-refractivity contribution is 5.95. The Hall–Kier alpha value is -4.07. The fourth-order valence-electron chi connectivity index (χ4n) is 4.28. The summed E-state index contributed by atoms with van der Waals surface area (Å²) in [5.74, 6) is -2.38. The largest absolute Gasteiger partial charge is 0.481 e. The van der Waals surface area contributed by atoms with Crippen molar-refractivity contribution in [2.75, 3.05) is 31.7 Å². The van der Waals surface area contributed by atoms with Crippen molar-refractivity contribution in [3.8, 4) is 5.88 Å². The summed E-state index contributed by atoms with van der Waals surface area (Å²) < 4.78 is 46.6. The van der Waals surface area contributed by atoms with Crippen LogP contribution in [0.15, 0.2) is 24.7 Å². The van der Waals surface area contributed by atoms with Crippen LogP contribution in [-0.2, 0) is 16.0 Å². The average Bonchev–Trinajstić information content (AvgIpc) is 3.44. The number of ether oxygens (including phenoxy) is 3. The molecule has 0 bridgehead atoms. The SMILES string of the molecule is CCOC(=O)c1cnn2cc(F)c(N(Cc3cc(F)cnc3OC)[C@@H]3CN(C(=O)OC(C)(C)C)CC3O)nc12. The number of aliphatic hydroxyl groups excluding tert-OH is 1. The number of esters is 1. The average molecular weight is 549 g/mol. The number of fused-ring (bicyclic) bond motifs is 1. The van der Waals surface area contributed by atoms with Crippen LogP contribution in [-0.4, -0.2) is 86.2 Å². The Morgan fingerprint density at radius 1 is 1.23 bits per heavy atom. The highest BCUT2D eigenvalue weighted by Gasteiger charge is 2.41. The first-order valence-corrected chi connectivity index (χ1v) is 12.2. The molecule has 4 heterocycles. The number of carbonyl (C=O) groups is 2. The summed E-state index contributed by atoms with van der Waals surface area (Å²) in [6.45, 7) is 6.53. The van der Waals surface area contributed by atoms with Crippen LogP contribution in [0.2, 0.25) is 0 Å². The Bertz CT molecular complexity index is 1380. The monoisotopic (exact) mass is 548 g/mol. The molecular formula is C25H30F2N6O6. The molecule has 1 N–H and O–H groups in total. The minimum Gasteiger partial charge on any atom is -0.481 e. The number of pyridine rings is 1. The van der Waals surface area contributed by atoms with Crippen LogP contribution in [0.5, 0.6) is 5.88 Å². The van der Waals surface area contributed by atoms with E-state index in [0.29, 0.717) is 0 Å². The molecule has 1 unspecified atom stereocenters. The van der Waals surface area contributed by atoms with E-state index in [0.717, 1.165) is 16.9 Å². The second kappa shape index (κ2) is 11.0. The Morgan fingerprint density at radius 3 is 2.64 bits per heavy atom. The third-order valence-corrected chi connectivity index (χ3v) is 5.93. The van der Waals surface area contributed by atoms with Crippen LogP contribution in [0.1, 0.15) is 43.6 Å². The quantitative estimate of drug-likeness (QED) is 0.440. The number of rotatable bonds is 7. The molecule has 0 aliphatic carbocycles. The van der Waals surface area contributed by atoms with Crippen LogP contribution in [0.25, 0.3) is 5.65 Å². The number of carbonyl (C=O) groups excluding carboxylic acids is 2. The lowest BCUT2D eigenvalue weighted by molar-refractivity contribution is 0.0269. The van der Waals surface area contributed by atoms with Crippen LogP contribution in [0.3, 0.4) is 0 Å². The maximum atomic E-state index is 15.6. The minimum absolute atomic E-state index is 0.00500. The van der Waals surface area contributed by atoms with Gasteiger partial charge in [0, 0.05) is 12.1 Å². The molecule has 2 atom stereocenters. The topological polar surface area (TPSA) is 132 Å². The molecule has 0 saturated carbocycles. The number of likely N-dealkylation sites (tertiary alicyclic amines) is 1. The molecule has 3 aromatic rings. The zero-order chi connectivity index (χ0) is 28.5. The number of aliphatic hydroxyl groups is 1. The van der Waals surface area contributed by atoms with Crippen LogP contribution >= 0.6 is 0 Å². The molecule has 39 heavy (non-hydrogen) atoms. The minimum atomic E-state index is -1.16.